The van der Waals surface area contributed by atoms with Crippen molar-refractivity contribution in [2.75, 3.05) is 20.8 Å². The molecule has 0 radical (unpaired) electrons. The van der Waals surface area contributed by atoms with Crippen molar-refractivity contribution in [3.8, 4) is 11.5 Å². The fraction of sp³-hybridized carbons (Fsp3) is 0.389. The molecule has 0 fully saturated rings. The minimum absolute atomic E-state index is 0.193. The Hall–Kier alpha value is -2.30. The van der Waals surface area contributed by atoms with Crippen molar-refractivity contribution in [1.29, 1.82) is 0 Å². The minimum atomic E-state index is -1.44. The Morgan fingerprint density at radius 2 is 1.88 bits per heavy atom. The number of aliphatic imine (C=N–C) groups is 1. The number of methoxy groups -OCH3 is 2. The molecule has 1 rings (SSSR count). The van der Waals surface area contributed by atoms with Crippen LogP contribution in [0.5, 0.6) is 11.5 Å². The molecule has 0 atom stereocenters. The van der Waals surface area contributed by atoms with E-state index >= 15 is 0 Å². The fourth-order valence-corrected chi connectivity index (χ4v) is 2.19. The largest absolute Gasteiger partial charge is 0.493 e. The second-order valence-corrected chi connectivity index (χ2v) is 11.1. The fourth-order valence-electron chi connectivity index (χ4n) is 1.74. The highest BCUT2D eigenvalue weighted by Gasteiger charge is 2.11. The van der Waals surface area contributed by atoms with Crippen LogP contribution in [-0.4, -0.2) is 40.7 Å². The summed E-state index contributed by atoms with van der Waals surface area (Å²) in [4.78, 5) is 16.3. The first-order chi connectivity index (χ1) is 11.3. The SMILES string of the molecule is CCOC(=O)/C(=C/c1ccc(OC)c(OC)c1)N=C=C[Si](C)(C)C. The van der Waals surface area contributed by atoms with Gasteiger partial charge in [-0.3, -0.25) is 0 Å². The third-order valence-corrected chi connectivity index (χ3v) is 3.87. The van der Waals surface area contributed by atoms with Crippen LogP contribution in [0.4, 0.5) is 0 Å². The molecule has 0 spiro atoms. The van der Waals surface area contributed by atoms with Crippen LogP contribution in [0.3, 0.4) is 0 Å². The van der Waals surface area contributed by atoms with Crippen molar-refractivity contribution in [2.24, 2.45) is 4.99 Å². The van der Waals surface area contributed by atoms with E-state index in [-0.39, 0.29) is 12.3 Å². The zero-order valence-corrected chi connectivity index (χ0v) is 16.2. The normalized spacial score (nSPS) is 11.3. The van der Waals surface area contributed by atoms with Gasteiger partial charge < -0.3 is 14.2 Å². The Morgan fingerprint density at radius 3 is 2.42 bits per heavy atom. The molecule has 130 valence electrons. The van der Waals surface area contributed by atoms with Crippen LogP contribution in [0.25, 0.3) is 6.08 Å². The lowest BCUT2D eigenvalue weighted by atomic mass is 10.1. The molecule has 0 saturated heterocycles. The van der Waals surface area contributed by atoms with Crippen molar-refractivity contribution >= 4 is 26.0 Å². The Bertz CT molecular complexity index is 668. The average molecular weight is 347 g/mol. The lowest BCUT2D eigenvalue weighted by Gasteiger charge is -2.08. The Balaban J connectivity index is 3.26. The summed E-state index contributed by atoms with van der Waals surface area (Å²) < 4.78 is 15.5. The van der Waals surface area contributed by atoms with Gasteiger partial charge in [0.2, 0.25) is 0 Å². The maximum Gasteiger partial charge on any atom is 0.357 e. The summed E-state index contributed by atoms with van der Waals surface area (Å²) in [5.74, 6) is 3.59. The Morgan fingerprint density at radius 1 is 1.21 bits per heavy atom. The predicted octanol–water partition coefficient (Wildman–Crippen LogP) is 3.71. The molecule has 0 saturated carbocycles. The highest BCUT2D eigenvalue weighted by atomic mass is 28.3. The molecule has 24 heavy (non-hydrogen) atoms. The molecule has 0 aliphatic rings. The first-order valence-corrected chi connectivity index (χ1v) is 11.3. The molecule has 5 nitrogen and oxygen atoms in total. The van der Waals surface area contributed by atoms with Crippen LogP contribution in [0, 0.1) is 0 Å². The lowest BCUT2D eigenvalue weighted by molar-refractivity contribution is -0.138. The number of hydrogen-bond acceptors (Lipinski definition) is 5. The zero-order chi connectivity index (χ0) is 18.2. The summed E-state index contributed by atoms with van der Waals surface area (Å²) >= 11 is 0. The summed E-state index contributed by atoms with van der Waals surface area (Å²) in [5, 5.41) is 0. The molecule has 0 unspecified atom stereocenters. The molecule has 0 heterocycles. The molecule has 1 aromatic rings. The van der Waals surface area contributed by atoms with Gasteiger partial charge in [-0.15, -0.1) is 0 Å². The van der Waals surface area contributed by atoms with Gasteiger partial charge in [-0.2, -0.15) is 4.99 Å². The summed E-state index contributed by atoms with van der Waals surface area (Å²) in [6.07, 6.45) is 1.64. The van der Waals surface area contributed by atoms with Crippen LogP contribution in [0.15, 0.2) is 34.6 Å². The standard InChI is InChI=1S/C18H25NO4Si/c1-7-23-18(20)15(19-10-11-24(4,5)6)12-14-8-9-16(21-2)17(13-14)22-3/h8-9,11-13H,7H2,1-6H3/b15-12-. The van der Waals surface area contributed by atoms with E-state index in [1.165, 1.54) is 0 Å². The Labute approximate surface area is 144 Å². The van der Waals surface area contributed by atoms with Crippen LogP contribution in [-0.2, 0) is 9.53 Å². The van der Waals surface area contributed by atoms with Crippen molar-refractivity contribution in [3.63, 3.8) is 0 Å². The van der Waals surface area contributed by atoms with E-state index in [2.05, 4.69) is 30.5 Å². The molecule has 0 aromatic heterocycles. The number of benzene rings is 1. The van der Waals surface area contributed by atoms with Gasteiger partial charge in [0, 0.05) is 0 Å². The first-order valence-electron chi connectivity index (χ1n) is 7.72. The summed E-state index contributed by atoms with van der Waals surface area (Å²) in [6.45, 7) is 8.54. The second kappa shape index (κ2) is 9.10. The van der Waals surface area contributed by atoms with Crippen LogP contribution in [0.2, 0.25) is 19.6 Å². The summed E-state index contributed by atoms with van der Waals surface area (Å²) in [7, 11) is 1.69. The van der Waals surface area contributed by atoms with Crippen molar-refractivity contribution in [1.82, 2.24) is 0 Å². The van der Waals surface area contributed by atoms with Crippen molar-refractivity contribution in [3.05, 3.63) is 35.2 Å². The number of carbonyl (C=O) groups is 1. The number of nitrogens with zero attached hydrogens (tertiary/aromatic N) is 1. The van der Waals surface area contributed by atoms with Crippen molar-refractivity contribution < 1.29 is 19.0 Å². The number of esters is 1. The molecule has 0 aliphatic heterocycles. The van der Waals surface area contributed by atoms with Gasteiger partial charge in [0.1, 0.15) is 0 Å². The molecule has 0 N–H and O–H groups in total. The van der Waals surface area contributed by atoms with E-state index in [1.54, 1.807) is 39.4 Å². The quantitative estimate of drug-likeness (QED) is 0.326. The molecule has 6 heteroatoms. The smallest absolute Gasteiger partial charge is 0.357 e. The number of carbonyl (C=O) groups excluding carboxylic acids is 1. The maximum absolute atomic E-state index is 12.1. The maximum atomic E-state index is 12.1. The van der Waals surface area contributed by atoms with Gasteiger partial charge in [0.15, 0.2) is 17.2 Å². The molecular formula is C18H25NO4Si. The van der Waals surface area contributed by atoms with Gasteiger partial charge in [-0.25, -0.2) is 4.79 Å². The van der Waals surface area contributed by atoms with Crippen LogP contribution < -0.4 is 9.47 Å². The Kier molecular flexibility index (Phi) is 7.49. The molecule has 0 aliphatic carbocycles. The highest BCUT2D eigenvalue weighted by molar-refractivity contribution is 6.82. The molecule has 0 amide bonds. The summed E-state index contributed by atoms with van der Waals surface area (Å²) in [6, 6.07) is 5.36. The van der Waals surface area contributed by atoms with Crippen molar-refractivity contribution in [2.45, 2.75) is 26.6 Å². The topological polar surface area (TPSA) is 57.1 Å². The third-order valence-electron chi connectivity index (χ3n) is 2.88. The monoisotopic (exact) mass is 347 g/mol. The van der Waals surface area contributed by atoms with E-state index in [0.29, 0.717) is 11.5 Å². The van der Waals surface area contributed by atoms with Crippen LogP contribution in [0.1, 0.15) is 12.5 Å². The molecular weight excluding hydrogens is 322 g/mol. The van der Waals surface area contributed by atoms with E-state index in [0.717, 1.165) is 5.56 Å². The lowest BCUT2D eigenvalue weighted by Crippen LogP contribution is -2.15. The van der Waals surface area contributed by atoms with E-state index < -0.39 is 14.0 Å². The predicted molar refractivity (Wildman–Crippen MR) is 99.5 cm³/mol. The second-order valence-electron chi connectivity index (χ2n) is 6.12. The third kappa shape index (κ3) is 6.44. The van der Waals surface area contributed by atoms with Crippen LogP contribution >= 0.6 is 0 Å². The van der Waals surface area contributed by atoms with Gasteiger partial charge >= 0.3 is 5.97 Å². The minimum Gasteiger partial charge on any atom is -0.493 e. The number of hydrogen-bond donors (Lipinski definition) is 0. The summed E-state index contributed by atoms with van der Waals surface area (Å²) in [5.41, 5.74) is 2.89. The van der Waals surface area contributed by atoms with E-state index in [9.17, 15) is 4.79 Å². The average Bonchev–Trinajstić information content (AvgIpc) is 2.52. The van der Waals surface area contributed by atoms with Gasteiger partial charge in [0.25, 0.3) is 0 Å². The number of ether oxygens (including phenoxy) is 3. The van der Waals surface area contributed by atoms with E-state index in [4.69, 9.17) is 14.2 Å². The first kappa shape index (κ1) is 19.7. The van der Waals surface area contributed by atoms with Gasteiger partial charge in [0.05, 0.1) is 28.9 Å². The zero-order valence-electron chi connectivity index (χ0n) is 15.2. The number of rotatable bonds is 7. The van der Waals surface area contributed by atoms with E-state index in [1.807, 2.05) is 11.8 Å². The highest BCUT2D eigenvalue weighted by Crippen LogP contribution is 2.28. The van der Waals surface area contributed by atoms with Gasteiger partial charge in [-0.1, -0.05) is 25.7 Å². The molecule has 1 aromatic carbocycles. The molecule has 0 bridgehead atoms. The van der Waals surface area contributed by atoms with Gasteiger partial charge in [-0.05, 0) is 42.3 Å².